The van der Waals surface area contributed by atoms with Crippen LogP contribution in [0.4, 0.5) is 0 Å². The molecule has 0 spiro atoms. The number of nitrogens with one attached hydrogen (secondary N) is 1. The average molecular weight is 370 g/mol. The maximum atomic E-state index is 12.9. The van der Waals surface area contributed by atoms with Crippen LogP contribution in [0.15, 0.2) is 77.3 Å². The molecular formula is C24H22N2O2. The van der Waals surface area contributed by atoms with Crippen LogP contribution < -0.4 is 5.32 Å². The van der Waals surface area contributed by atoms with E-state index in [0.717, 1.165) is 16.5 Å². The van der Waals surface area contributed by atoms with Gasteiger partial charge in [-0.2, -0.15) is 0 Å². The van der Waals surface area contributed by atoms with Gasteiger partial charge in [0, 0.05) is 5.39 Å². The molecule has 0 radical (unpaired) electrons. The van der Waals surface area contributed by atoms with Crippen LogP contribution in [0.25, 0.3) is 11.0 Å². The molecule has 4 rings (SSSR count). The van der Waals surface area contributed by atoms with Gasteiger partial charge in [-0.1, -0.05) is 65.8 Å². The quantitative estimate of drug-likeness (QED) is 0.544. The maximum absolute atomic E-state index is 12.9. The van der Waals surface area contributed by atoms with Gasteiger partial charge < -0.3 is 9.84 Å². The summed E-state index contributed by atoms with van der Waals surface area (Å²) in [5.74, 6) is -0.0915. The third kappa shape index (κ3) is 3.67. The number of aryl methyl sites for hydroxylation is 2. The van der Waals surface area contributed by atoms with Crippen molar-refractivity contribution in [3.8, 4) is 0 Å². The summed E-state index contributed by atoms with van der Waals surface area (Å²) in [6.45, 7) is 4.18. The molecule has 1 aromatic heterocycles. The molecule has 4 aromatic rings. The highest BCUT2D eigenvalue weighted by Gasteiger charge is 2.19. The zero-order valence-electron chi connectivity index (χ0n) is 16.0. The Kier molecular flexibility index (Phi) is 4.94. The van der Waals surface area contributed by atoms with Crippen molar-refractivity contribution in [1.29, 1.82) is 0 Å². The van der Waals surface area contributed by atoms with Gasteiger partial charge in [0.05, 0.1) is 12.5 Å². The lowest BCUT2D eigenvalue weighted by Crippen LogP contribution is -2.30. The third-order valence-electron chi connectivity index (χ3n) is 5.08. The summed E-state index contributed by atoms with van der Waals surface area (Å²) in [6.07, 6.45) is 0.172. The standard InChI is InChI=1S/C24H22N2O2/c1-16-12-13-19(14-17(16)2)24(18-8-4-3-5-9-18)25-23(27)15-21-20-10-6-7-11-22(20)28-26-21/h3-14,24H,15H2,1-2H3,(H,25,27). The van der Waals surface area contributed by atoms with E-state index in [0.29, 0.717) is 11.3 Å². The molecule has 1 atom stereocenters. The second-order valence-corrected chi connectivity index (χ2v) is 7.06. The van der Waals surface area contributed by atoms with E-state index in [1.807, 2.05) is 54.6 Å². The number of hydrogen-bond acceptors (Lipinski definition) is 3. The first-order chi connectivity index (χ1) is 13.6. The van der Waals surface area contributed by atoms with Crippen molar-refractivity contribution < 1.29 is 9.32 Å². The van der Waals surface area contributed by atoms with Crippen LogP contribution >= 0.6 is 0 Å². The van der Waals surface area contributed by atoms with Crippen molar-refractivity contribution in [2.45, 2.75) is 26.3 Å². The van der Waals surface area contributed by atoms with Gasteiger partial charge in [-0.3, -0.25) is 4.79 Å². The van der Waals surface area contributed by atoms with Crippen molar-refractivity contribution in [3.05, 3.63) is 101 Å². The molecule has 0 fully saturated rings. The Balaban J connectivity index is 1.62. The highest BCUT2D eigenvalue weighted by molar-refractivity contribution is 5.86. The van der Waals surface area contributed by atoms with Gasteiger partial charge in [-0.15, -0.1) is 0 Å². The first-order valence-corrected chi connectivity index (χ1v) is 9.36. The Hall–Kier alpha value is -3.40. The minimum absolute atomic E-state index is 0.0915. The van der Waals surface area contributed by atoms with Gasteiger partial charge in [-0.25, -0.2) is 0 Å². The Morgan fingerprint density at radius 3 is 2.46 bits per heavy atom. The first kappa shape index (κ1) is 18.0. The number of aromatic nitrogens is 1. The van der Waals surface area contributed by atoms with E-state index in [4.69, 9.17) is 4.52 Å². The minimum atomic E-state index is -0.217. The molecule has 1 heterocycles. The van der Waals surface area contributed by atoms with Crippen LogP contribution in [0.5, 0.6) is 0 Å². The van der Waals surface area contributed by atoms with Gasteiger partial charge in [0.15, 0.2) is 5.58 Å². The number of carbonyl (C=O) groups excluding carboxylic acids is 1. The smallest absolute Gasteiger partial charge is 0.226 e. The van der Waals surface area contributed by atoms with E-state index in [-0.39, 0.29) is 18.4 Å². The van der Waals surface area contributed by atoms with Crippen LogP contribution in [-0.2, 0) is 11.2 Å². The predicted molar refractivity (Wildman–Crippen MR) is 110 cm³/mol. The normalized spacial score (nSPS) is 12.1. The average Bonchev–Trinajstić information content (AvgIpc) is 3.12. The van der Waals surface area contributed by atoms with Gasteiger partial charge in [0.1, 0.15) is 5.69 Å². The maximum Gasteiger partial charge on any atom is 0.226 e. The lowest BCUT2D eigenvalue weighted by atomic mass is 9.95. The van der Waals surface area contributed by atoms with Crippen LogP contribution in [-0.4, -0.2) is 11.1 Å². The van der Waals surface area contributed by atoms with Crippen molar-refractivity contribution in [1.82, 2.24) is 10.5 Å². The largest absolute Gasteiger partial charge is 0.356 e. The van der Waals surface area contributed by atoms with E-state index >= 15 is 0 Å². The van der Waals surface area contributed by atoms with Crippen molar-refractivity contribution >= 4 is 16.9 Å². The number of rotatable bonds is 5. The van der Waals surface area contributed by atoms with E-state index in [1.165, 1.54) is 11.1 Å². The molecule has 0 saturated carbocycles. The molecule has 4 nitrogen and oxygen atoms in total. The van der Waals surface area contributed by atoms with E-state index in [2.05, 4.69) is 42.5 Å². The number of fused-ring (bicyclic) bond motifs is 1. The van der Waals surface area contributed by atoms with Gasteiger partial charge >= 0.3 is 0 Å². The van der Waals surface area contributed by atoms with Crippen molar-refractivity contribution in [2.24, 2.45) is 0 Å². The molecule has 0 saturated heterocycles. The minimum Gasteiger partial charge on any atom is -0.356 e. The first-order valence-electron chi connectivity index (χ1n) is 9.36. The fraction of sp³-hybridized carbons (Fsp3) is 0.167. The molecule has 0 aliphatic carbocycles. The second-order valence-electron chi connectivity index (χ2n) is 7.06. The number of para-hydroxylation sites is 1. The van der Waals surface area contributed by atoms with E-state index in [9.17, 15) is 4.79 Å². The summed E-state index contributed by atoms with van der Waals surface area (Å²) in [7, 11) is 0. The highest BCUT2D eigenvalue weighted by atomic mass is 16.5. The summed E-state index contributed by atoms with van der Waals surface area (Å²) in [5, 5.41) is 8.13. The van der Waals surface area contributed by atoms with E-state index < -0.39 is 0 Å². The molecule has 3 aromatic carbocycles. The summed E-state index contributed by atoms with van der Waals surface area (Å²) in [4.78, 5) is 12.9. The number of nitrogens with zero attached hydrogens (tertiary/aromatic N) is 1. The van der Waals surface area contributed by atoms with Crippen LogP contribution in [0.2, 0.25) is 0 Å². The lowest BCUT2D eigenvalue weighted by molar-refractivity contribution is -0.121. The Bertz CT molecular complexity index is 1120. The van der Waals surface area contributed by atoms with Crippen molar-refractivity contribution in [3.63, 3.8) is 0 Å². The summed E-state index contributed by atoms with van der Waals surface area (Å²) in [6, 6.07) is 23.7. The fourth-order valence-corrected chi connectivity index (χ4v) is 3.38. The zero-order chi connectivity index (χ0) is 19.5. The highest BCUT2D eigenvalue weighted by Crippen LogP contribution is 2.25. The Labute approximate surface area is 164 Å². The van der Waals surface area contributed by atoms with Gasteiger partial charge in [0.25, 0.3) is 0 Å². The number of carbonyl (C=O) groups is 1. The van der Waals surface area contributed by atoms with Gasteiger partial charge in [-0.05, 0) is 48.2 Å². The molecule has 0 aliphatic heterocycles. The van der Waals surface area contributed by atoms with E-state index in [1.54, 1.807) is 0 Å². The predicted octanol–water partition coefficient (Wildman–Crippen LogP) is 4.89. The molecule has 1 amide bonds. The van der Waals surface area contributed by atoms with Crippen LogP contribution in [0, 0.1) is 13.8 Å². The second kappa shape index (κ2) is 7.69. The number of benzene rings is 3. The van der Waals surface area contributed by atoms with Gasteiger partial charge in [0.2, 0.25) is 5.91 Å². The lowest BCUT2D eigenvalue weighted by Gasteiger charge is -2.20. The summed E-state index contributed by atoms with van der Waals surface area (Å²) >= 11 is 0. The zero-order valence-corrected chi connectivity index (χ0v) is 16.0. The summed E-state index contributed by atoms with van der Waals surface area (Å²) < 4.78 is 5.32. The number of amides is 1. The molecule has 4 heteroatoms. The van der Waals surface area contributed by atoms with Crippen LogP contribution in [0.3, 0.4) is 0 Å². The Morgan fingerprint density at radius 1 is 0.929 bits per heavy atom. The molecule has 0 aliphatic rings. The topological polar surface area (TPSA) is 55.1 Å². The molecule has 1 unspecified atom stereocenters. The molecule has 0 bridgehead atoms. The monoisotopic (exact) mass is 370 g/mol. The molecule has 140 valence electrons. The Morgan fingerprint density at radius 2 is 1.68 bits per heavy atom. The van der Waals surface area contributed by atoms with Crippen molar-refractivity contribution in [2.75, 3.05) is 0 Å². The fourth-order valence-electron chi connectivity index (χ4n) is 3.38. The molecular weight excluding hydrogens is 348 g/mol. The number of hydrogen-bond donors (Lipinski definition) is 1. The van der Waals surface area contributed by atoms with Crippen LogP contribution in [0.1, 0.15) is 34.0 Å². The molecule has 28 heavy (non-hydrogen) atoms. The third-order valence-corrected chi connectivity index (χ3v) is 5.08. The summed E-state index contributed by atoms with van der Waals surface area (Å²) in [5.41, 5.74) is 5.89. The molecule has 1 N–H and O–H groups in total. The SMILES string of the molecule is Cc1ccc(C(NC(=O)Cc2noc3ccccc23)c2ccccc2)cc1C.